The van der Waals surface area contributed by atoms with E-state index in [0.717, 1.165) is 21.9 Å². The summed E-state index contributed by atoms with van der Waals surface area (Å²) in [6.45, 7) is 1.54. The fraction of sp³-hybridized carbons (Fsp3) is 0.231. The molecule has 4 rings (SSSR count). The van der Waals surface area contributed by atoms with Crippen LogP contribution in [0, 0.1) is 0 Å². The molecular formula is C26H25N3O4S. The summed E-state index contributed by atoms with van der Waals surface area (Å²) in [5, 5.41) is 4.38. The molecule has 0 spiro atoms. The number of amides is 1. The number of aromatic nitrogens is 2. The van der Waals surface area contributed by atoms with Gasteiger partial charge in [0.05, 0.1) is 5.52 Å². The molecule has 0 fully saturated rings. The van der Waals surface area contributed by atoms with Crippen molar-refractivity contribution in [2.24, 2.45) is 0 Å². The third kappa shape index (κ3) is 5.12. The van der Waals surface area contributed by atoms with Crippen molar-refractivity contribution < 1.29 is 19.1 Å². The molecule has 4 aromatic rings. The Hall–Kier alpha value is -3.65. The number of carbonyl (C=O) groups excluding carboxylic acids is 3. The molecular weight excluding hydrogens is 450 g/mol. The van der Waals surface area contributed by atoms with Crippen LogP contribution in [-0.2, 0) is 16.1 Å². The van der Waals surface area contributed by atoms with E-state index in [1.54, 1.807) is 17.8 Å². The van der Waals surface area contributed by atoms with Crippen LogP contribution in [0.2, 0.25) is 0 Å². The maximum Gasteiger partial charge on any atom is 0.329 e. The molecule has 8 heteroatoms. The number of thioether (sulfide) groups is 1. The molecule has 0 saturated carbocycles. The highest BCUT2D eigenvalue weighted by molar-refractivity contribution is 7.98. The number of esters is 1. The number of ether oxygens (including phenoxy) is 1. The Labute approximate surface area is 201 Å². The average Bonchev–Trinajstić information content (AvgIpc) is 3.23. The zero-order chi connectivity index (χ0) is 24.1. The molecule has 7 nitrogen and oxygen atoms in total. The van der Waals surface area contributed by atoms with Gasteiger partial charge in [-0.3, -0.25) is 9.59 Å². The number of hydrogen-bond donors (Lipinski definition) is 2. The van der Waals surface area contributed by atoms with Crippen molar-refractivity contribution in [1.29, 1.82) is 0 Å². The second-order valence-corrected chi connectivity index (χ2v) is 8.89. The summed E-state index contributed by atoms with van der Waals surface area (Å²) in [6, 6.07) is 17.8. The van der Waals surface area contributed by atoms with Crippen LogP contribution >= 0.6 is 11.8 Å². The van der Waals surface area contributed by atoms with Gasteiger partial charge in [0, 0.05) is 23.2 Å². The Kier molecular flexibility index (Phi) is 7.27. The number of benzene rings is 2. The van der Waals surface area contributed by atoms with E-state index < -0.39 is 17.9 Å². The highest BCUT2D eigenvalue weighted by Gasteiger charge is 2.25. The van der Waals surface area contributed by atoms with Gasteiger partial charge in [0.15, 0.2) is 5.78 Å². The summed E-state index contributed by atoms with van der Waals surface area (Å²) >= 11 is 1.57. The first-order valence-corrected chi connectivity index (χ1v) is 12.3. The van der Waals surface area contributed by atoms with Crippen molar-refractivity contribution in [2.75, 3.05) is 12.0 Å². The van der Waals surface area contributed by atoms with Gasteiger partial charge in [-0.1, -0.05) is 48.5 Å². The number of pyridine rings is 1. The van der Waals surface area contributed by atoms with E-state index in [2.05, 4.69) is 15.3 Å². The Morgan fingerprint density at radius 3 is 2.53 bits per heavy atom. The number of nitrogens with one attached hydrogen (secondary N) is 2. The number of aromatic amines is 1. The van der Waals surface area contributed by atoms with Gasteiger partial charge in [0.25, 0.3) is 5.91 Å². The number of H-pyrrole nitrogens is 1. The molecule has 0 saturated heterocycles. The molecule has 1 atom stereocenters. The van der Waals surface area contributed by atoms with Crippen molar-refractivity contribution in [1.82, 2.24) is 15.3 Å². The standard InChI is InChI=1S/C26H25N3O4S/c1-16(30)23-24-19(18-10-6-7-11-20(18)27-24)14-22(28-23)25(31)29-21(12-13-34-2)26(32)33-15-17-8-4-3-5-9-17/h3-11,14,21,27H,12-13,15H2,1-2H3,(H,29,31)/t21-/m0/s1. The molecule has 0 bridgehead atoms. The summed E-state index contributed by atoms with van der Waals surface area (Å²) in [5.74, 6) is -0.630. The number of hydrogen-bond acceptors (Lipinski definition) is 6. The van der Waals surface area contributed by atoms with E-state index in [1.807, 2.05) is 60.9 Å². The average molecular weight is 476 g/mol. The Morgan fingerprint density at radius 1 is 1.06 bits per heavy atom. The number of ketones is 1. The van der Waals surface area contributed by atoms with Gasteiger partial charge in [-0.2, -0.15) is 11.8 Å². The topological polar surface area (TPSA) is 101 Å². The van der Waals surface area contributed by atoms with Gasteiger partial charge in [-0.05, 0) is 36.1 Å². The lowest BCUT2D eigenvalue weighted by atomic mass is 10.1. The number of rotatable bonds is 9. The van der Waals surface area contributed by atoms with Gasteiger partial charge < -0.3 is 15.0 Å². The SMILES string of the molecule is CSCC[C@H](NC(=O)c1cc2c([nH]c3ccccc32)c(C(C)=O)n1)C(=O)OCc1ccccc1. The summed E-state index contributed by atoms with van der Waals surface area (Å²) in [6.07, 6.45) is 2.34. The van der Waals surface area contributed by atoms with Crippen LogP contribution in [0.4, 0.5) is 0 Å². The fourth-order valence-corrected chi connectivity index (χ4v) is 4.23. The van der Waals surface area contributed by atoms with Gasteiger partial charge in [-0.15, -0.1) is 0 Å². The lowest BCUT2D eigenvalue weighted by Crippen LogP contribution is -2.42. The van der Waals surface area contributed by atoms with E-state index in [4.69, 9.17) is 4.74 Å². The normalized spacial score (nSPS) is 11.9. The molecule has 34 heavy (non-hydrogen) atoms. The van der Waals surface area contributed by atoms with Crippen LogP contribution < -0.4 is 5.32 Å². The largest absolute Gasteiger partial charge is 0.459 e. The third-order valence-corrected chi connectivity index (χ3v) is 6.13. The van der Waals surface area contributed by atoms with Crippen LogP contribution in [0.5, 0.6) is 0 Å². The number of nitrogens with zero attached hydrogens (tertiary/aromatic N) is 1. The number of carbonyl (C=O) groups is 3. The van der Waals surface area contributed by atoms with Crippen molar-refractivity contribution >= 4 is 51.2 Å². The van der Waals surface area contributed by atoms with Crippen LogP contribution in [-0.4, -0.2) is 45.7 Å². The smallest absolute Gasteiger partial charge is 0.329 e. The highest BCUT2D eigenvalue weighted by atomic mass is 32.2. The van der Waals surface area contributed by atoms with Crippen molar-refractivity contribution in [3.8, 4) is 0 Å². The van der Waals surface area contributed by atoms with Crippen molar-refractivity contribution in [2.45, 2.75) is 26.0 Å². The van der Waals surface area contributed by atoms with Gasteiger partial charge in [-0.25, -0.2) is 9.78 Å². The van der Waals surface area contributed by atoms with Crippen LogP contribution in [0.15, 0.2) is 60.7 Å². The van der Waals surface area contributed by atoms with E-state index in [-0.39, 0.29) is 23.8 Å². The van der Waals surface area contributed by atoms with E-state index in [0.29, 0.717) is 17.7 Å². The molecule has 174 valence electrons. The molecule has 0 unspecified atom stereocenters. The molecule has 0 aliphatic rings. The van der Waals surface area contributed by atoms with Gasteiger partial charge in [0.2, 0.25) is 0 Å². The number of para-hydroxylation sites is 1. The second-order valence-electron chi connectivity index (χ2n) is 7.91. The number of Topliss-reactive ketones (excluding diaryl/α,β-unsaturated/α-hetero) is 1. The first-order chi connectivity index (χ1) is 16.5. The Balaban J connectivity index is 1.60. The quantitative estimate of drug-likeness (QED) is 0.273. The monoisotopic (exact) mass is 475 g/mol. The molecule has 2 aromatic heterocycles. The van der Waals surface area contributed by atoms with E-state index in [1.165, 1.54) is 6.92 Å². The fourth-order valence-electron chi connectivity index (χ4n) is 3.76. The minimum absolute atomic E-state index is 0.0764. The lowest BCUT2D eigenvalue weighted by Gasteiger charge is -2.17. The molecule has 0 radical (unpaired) electrons. The molecule has 2 heterocycles. The second kappa shape index (κ2) is 10.5. The maximum absolute atomic E-state index is 13.2. The molecule has 0 aliphatic carbocycles. The molecule has 0 aliphatic heterocycles. The van der Waals surface area contributed by atoms with Crippen molar-refractivity contribution in [3.05, 3.63) is 77.6 Å². The van der Waals surface area contributed by atoms with E-state index in [9.17, 15) is 14.4 Å². The zero-order valence-corrected chi connectivity index (χ0v) is 19.8. The summed E-state index contributed by atoms with van der Waals surface area (Å²) in [5.41, 5.74) is 2.56. The Morgan fingerprint density at radius 2 is 1.79 bits per heavy atom. The predicted molar refractivity (Wildman–Crippen MR) is 134 cm³/mol. The summed E-state index contributed by atoms with van der Waals surface area (Å²) < 4.78 is 5.46. The first-order valence-electron chi connectivity index (χ1n) is 10.9. The molecule has 1 amide bonds. The Bertz CT molecular complexity index is 1350. The predicted octanol–water partition coefficient (Wildman–Crippen LogP) is 4.51. The van der Waals surface area contributed by atoms with Crippen LogP contribution in [0.1, 0.15) is 39.9 Å². The highest BCUT2D eigenvalue weighted by Crippen LogP contribution is 2.28. The molecule has 2 aromatic carbocycles. The van der Waals surface area contributed by atoms with Crippen LogP contribution in [0.3, 0.4) is 0 Å². The van der Waals surface area contributed by atoms with Crippen molar-refractivity contribution in [3.63, 3.8) is 0 Å². The van der Waals surface area contributed by atoms with Gasteiger partial charge in [0.1, 0.15) is 24.0 Å². The lowest BCUT2D eigenvalue weighted by molar-refractivity contribution is -0.147. The van der Waals surface area contributed by atoms with Gasteiger partial charge >= 0.3 is 5.97 Å². The summed E-state index contributed by atoms with van der Waals surface area (Å²) in [4.78, 5) is 45.8. The minimum atomic E-state index is -0.829. The van der Waals surface area contributed by atoms with Crippen LogP contribution in [0.25, 0.3) is 21.8 Å². The zero-order valence-electron chi connectivity index (χ0n) is 19.0. The molecule has 2 N–H and O–H groups in total. The van der Waals surface area contributed by atoms with E-state index >= 15 is 0 Å². The summed E-state index contributed by atoms with van der Waals surface area (Å²) in [7, 11) is 0. The third-order valence-electron chi connectivity index (χ3n) is 5.49. The first kappa shape index (κ1) is 23.5. The minimum Gasteiger partial charge on any atom is -0.459 e. The maximum atomic E-state index is 13.2. The number of fused-ring (bicyclic) bond motifs is 3.